The number of rotatable bonds is 2. The van der Waals surface area contributed by atoms with Crippen LogP contribution >= 0.6 is 11.3 Å². The van der Waals surface area contributed by atoms with Crippen LogP contribution in [0.25, 0.3) is 0 Å². The molecule has 0 amide bonds. The molecule has 17 heavy (non-hydrogen) atoms. The molecule has 2 aromatic rings. The summed E-state index contributed by atoms with van der Waals surface area (Å²) in [5, 5.41) is 13.1. The highest BCUT2D eigenvalue weighted by molar-refractivity contribution is 7.12. The van der Waals surface area contributed by atoms with Gasteiger partial charge >= 0.3 is 0 Å². The van der Waals surface area contributed by atoms with E-state index in [1.54, 1.807) is 0 Å². The third-order valence-corrected chi connectivity index (χ3v) is 3.20. The third-order valence-electron chi connectivity index (χ3n) is 2.32. The number of benzene rings is 1. The first-order valence-corrected chi connectivity index (χ1v) is 6.13. The summed E-state index contributed by atoms with van der Waals surface area (Å²) in [5.74, 6) is 0.653. The van der Waals surface area contributed by atoms with Gasteiger partial charge in [0.05, 0.1) is 5.01 Å². The van der Waals surface area contributed by atoms with Gasteiger partial charge in [0.15, 0.2) is 5.82 Å². The molecule has 0 spiro atoms. The van der Waals surface area contributed by atoms with Crippen molar-refractivity contribution in [2.24, 2.45) is 0 Å². The Morgan fingerprint density at radius 3 is 2.41 bits per heavy atom. The van der Waals surface area contributed by atoms with Gasteiger partial charge in [-0.1, -0.05) is 6.07 Å². The van der Waals surface area contributed by atoms with Gasteiger partial charge in [-0.15, -0.1) is 11.3 Å². The fourth-order valence-electron chi connectivity index (χ4n) is 1.77. The van der Waals surface area contributed by atoms with Gasteiger partial charge in [-0.05, 0) is 44.0 Å². The fraction of sp³-hybridized carbons (Fsp3) is 0.231. The number of nitriles is 1. The summed E-state index contributed by atoms with van der Waals surface area (Å²) in [6, 6.07) is 8.36. The molecule has 2 rings (SSSR count). The van der Waals surface area contributed by atoms with E-state index < -0.39 is 0 Å². The van der Waals surface area contributed by atoms with Crippen LogP contribution in [-0.4, -0.2) is 4.98 Å². The molecule has 0 bridgehead atoms. The highest BCUT2D eigenvalue weighted by atomic mass is 32.1. The maximum atomic E-state index is 9.00. The number of hydrogen-bond donors (Lipinski definition) is 1. The molecule has 0 fully saturated rings. The summed E-state index contributed by atoms with van der Waals surface area (Å²) in [6.45, 7) is 6.00. The molecule has 0 unspecified atom stereocenters. The summed E-state index contributed by atoms with van der Waals surface area (Å²) in [5.41, 5.74) is 3.36. The Morgan fingerprint density at radius 1 is 1.18 bits per heavy atom. The van der Waals surface area contributed by atoms with Crippen molar-refractivity contribution in [3.8, 4) is 6.07 Å². The molecule has 3 nitrogen and oxygen atoms in total. The van der Waals surface area contributed by atoms with Crippen LogP contribution < -0.4 is 5.32 Å². The SMILES string of the molecule is Cc1cc(C)cc(Nc2nc(C)sc2C#N)c1. The van der Waals surface area contributed by atoms with Gasteiger partial charge in [-0.25, -0.2) is 4.98 Å². The van der Waals surface area contributed by atoms with Crippen LogP contribution in [0.15, 0.2) is 18.2 Å². The summed E-state index contributed by atoms with van der Waals surface area (Å²) < 4.78 is 0. The summed E-state index contributed by atoms with van der Waals surface area (Å²) in [7, 11) is 0. The number of nitrogens with zero attached hydrogens (tertiary/aromatic N) is 2. The Hall–Kier alpha value is -1.86. The van der Waals surface area contributed by atoms with Crippen molar-refractivity contribution >= 4 is 22.8 Å². The lowest BCUT2D eigenvalue weighted by Crippen LogP contribution is -1.94. The van der Waals surface area contributed by atoms with E-state index in [0.717, 1.165) is 10.7 Å². The zero-order valence-corrected chi connectivity index (χ0v) is 10.9. The monoisotopic (exact) mass is 243 g/mol. The molecule has 0 aliphatic carbocycles. The summed E-state index contributed by atoms with van der Waals surface area (Å²) in [4.78, 5) is 4.95. The van der Waals surface area contributed by atoms with Crippen LogP contribution in [0, 0.1) is 32.1 Å². The number of nitrogens with one attached hydrogen (secondary N) is 1. The number of thiazole rings is 1. The molecule has 1 aromatic heterocycles. The first-order chi connectivity index (χ1) is 8.08. The molecule has 1 heterocycles. The van der Waals surface area contributed by atoms with E-state index in [4.69, 9.17) is 5.26 Å². The number of aryl methyl sites for hydroxylation is 3. The van der Waals surface area contributed by atoms with E-state index in [-0.39, 0.29) is 0 Å². The van der Waals surface area contributed by atoms with E-state index in [9.17, 15) is 0 Å². The molecule has 1 aromatic carbocycles. The molecule has 86 valence electrons. The molecule has 0 aliphatic rings. The Morgan fingerprint density at radius 2 is 1.82 bits per heavy atom. The minimum absolute atomic E-state index is 0.627. The van der Waals surface area contributed by atoms with Gasteiger partial charge in [0.25, 0.3) is 0 Å². The Kier molecular flexibility index (Phi) is 3.12. The molecule has 0 radical (unpaired) electrons. The molecular formula is C13H13N3S. The molecule has 0 saturated heterocycles. The third kappa shape index (κ3) is 2.63. The minimum atomic E-state index is 0.627. The van der Waals surface area contributed by atoms with Crippen molar-refractivity contribution in [3.63, 3.8) is 0 Å². The van der Waals surface area contributed by atoms with Crippen LogP contribution in [0.3, 0.4) is 0 Å². The van der Waals surface area contributed by atoms with E-state index in [1.807, 2.05) is 19.1 Å². The lowest BCUT2D eigenvalue weighted by molar-refractivity contribution is 1.27. The molecule has 0 atom stereocenters. The predicted molar refractivity (Wildman–Crippen MR) is 70.8 cm³/mol. The van der Waals surface area contributed by atoms with Gasteiger partial charge in [-0.2, -0.15) is 5.26 Å². The maximum absolute atomic E-state index is 9.00. The molecule has 0 aliphatic heterocycles. The largest absolute Gasteiger partial charge is 0.338 e. The second kappa shape index (κ2) is 4.56. The average Bonchev–Trinajstić information content (AvgIpc) is 2.57. The Bertz CT molecular complexity index is 573. The fourth-order valence-corrected chi connectivity index (χ4v) is 2.44. The second-order valence-corrected chi connectivity index (χ2v) is 5.23. The average molecular weight is 243 g/mol. The van der Waals surface area contributed by atoms with Crippen molar-refractivity contribution in [1.29, 1.82) is 5.26 Å². The maximum Gasteiger partial charge on any atom is 0.159 e. The van der Waals surface area contributed by atoms with Crippen molar-refractivity contribution in [3.05, 3.63) is 39.2 Å². The van der Waals surface area contributed by atoms with Crippen LogP contribution in [0.5, 0.6) is 0 Å². The van der Waals surface area contributed by atoms with Gasteiger partial charge < -0.3 is 5.32 Å². The lowest BCUT2D eigenvalue weighted by atomic mass is 10.1. The van der Waals surface area contributed by atoms with E-state index in [1.165, 1.54) is 22.5 Å². The van der Waals surface area contributed by atoms with Gasteiger partial charge in [0.1, 0.15) is 10.9 Å². The highest BCUT2D eigenvalue weighted by Gasteiger charge is 2.08. The van der Waals surface area contributed by atoms with Crippen molar-refractivity contribution in [2.75, 3.05) is 5.32 Å². The minimum Gasteiger partial charge on any atom is -0.338 e. The standard InChI is InChI=1S/C13H13N3S/c1-8-4-9(2)6-11(5-8)16-13-12(7-14)17-10(3)15-13/h4-6,16H,1-3H3. The number of hydrogen-bond acceptors (Lipinski definition) is 4. The predicted octanol–water partition coefficient (Wildman–Crippen LogP) is 3.68. The smallest absolute Gasteiger partial charge is 0.159 e. The quantitative estimate of drug-likeness (QED) is 0.875. The van der Waals surface area contributed by atoms with Crippen LogP contribution in [0.4, 0.5) is 11.5 Å². The first-order valence-electron chi connectivity index (χ1n) is 5.31. The second-order valence-electron chi connectivity index (χ2n) is 4.02. The van der Waals surface area contributed by atoms with Gasteiger partial charge in [0.2, 0.25) is 0 Å². The molecule has 0 saturated carbocycles. The zero-order valence-electron chi connectivity index (χ0n) is 10.0. The first kappa shape index (κ1) is 11.6. The Balaban J connectivity index is 2.34. The van der Waals surface area contributed by atoms with E-state index in [2.05, 4.69) is 36.3 Å². The molecule has 1 N–H and O–H groups in total. The van der Waals surface area contributed by atoms with Gasteiger partial charge in [-0.3, -0.25) is 0 Å². The Labute approximate surface area is 105 Å². The van der Waals surface area contributed by atoms with E-state index in [0.29, 0.717) is 10.7 Å². The van der Waals surface area contributed by atoms with Crippen molar-refractivity contribution < 1.29 is 0 Å². The van der Waals surface area contributed by atoms with E-state index >= 15 is 0 Å². The van der Waals surface area contributed by atoms with Crippen molar-refractivity contribution in [1.82, 2.24) is 4.98 Å². The number of anilines is 2. The van der Waals surface area contributed by atoms with Crippen LogP contribution in [0.2, 0.25) is 0 Å². The lowest BCUT2D eigenvalue weighted by Gasteiger charge is -2.06. The van der Waals surface area contributed by atoms with Crippen LogP contribution in [0.1, 0.15) is 21.0 Å². The van der Waals surface area contributed by atoms with Crippen molar-refractivity contribution in [2.45, 2.75) is 20.8 Å². The molecule has 4 heteroatoms. The summed E-state index contributed by atoms with van der Waals surface area (Å²) in [6.07, 6.45) is 0. The molecular weight excluding hydrogens is 230 g/mol. The highest BCUT2D eigenvalue weighted by Crippen LogP contribution is 2.25. The number of aromatic nitrogens is 1. The topological polar surface area (TPSA) is 48.7 Å². The van der Waals surface area contributed by atoms with Crippen LogP contribution in [-0.2, 0) is 0 Å². The van der Waals surface area contributed by atoms with Gasteiger partial charge in [0, 0.05) is 5.69 Å². The zero-order chi connectivity index (χ0) is 12.4. The normalized spacial score (nSPS) is 10.0. The summed E-state index contributed by atoms with van der Waals surface area (Å²) >= 11 is 1.41.